The maximum absolute atomic E-state index is 13.3. The predicted molar refractivity (Wildman–Crippen MR) is 82.9 cm³/mol. The fraction of sp³-hybridized carbons (Fsp3) is 0.533. The van der Waals surface area contributed by atoms with Gasteiger partial charge in [-0.1, -0.05) is 15.9 Å². The second kappa shape index (κ2) is 6.85. The van der Waals surface area contributed by atoms with E-state index in [1.54, 1.807) is 6.07 Å². The lowest BCUT2D eigenvalue weighted by atomic mass is 10.0. The lowest BCUT2D eigenvalue weighted by Gasteiger charge is -2.40. The zero-order valence-corrected chi connectivity index (χ0v) is 13.9. The first-order valence-electron chi connectivity index (χ1n) is 6.95. The van der Waals surface area contributed by atoms with Gasteiger partial charge in [0.1, 0.15) is 5.82 Å². The zero-order valence-electron chi connectivity index (χ0n) is 12.3. The van der Waals surface area contributed by atoms with Crippen molar-refractivity contribution in [1.82, 2.24) is 10.2 Å². The number of carbonyl (C=O) groups excluding carboxylic acids is 1. The van der Waals surface area contributed by atoms with Crippen LogP contribution in [0.5, 0.6) is 0 Å². The number of rotatable bonds is 4. The summed E-state index contributed by atoms with van der Waals surface area (Å²) in [6, 6.07) is 4.18. The van der Waals surface area contributed by atoms with E-state index in [0.29, 0.717) is 29.8 Å². The number of benzene rings is 1. The Hall–Kier alpha value is -0.980. The van der Waals surface area contributed by atoms with Crippen LogP contribution in [-0.2, 0) is 4.74 Å². The summed E-state index contributed by atoms with van der Waals surface area (Å²) in [5.41, 5.74) is 0.156. The molecular weight excluding hydrogens is 339 g/mol. The minimum absolute atomic E-state index is 0.163. The van der Waals surface area contributed by atoms with E-state index >= 15 is 0 Å². The van der Waals surface area contributed by atoms with Crippen molar-refractivity contribution in [3.8, 4) is 0 Å². The molecular formula is C15H20BrFN2O2. The molecule has 21 heavy (non-hydrogen) atoms. The highest BCUT2D eigenvalue weighted by molar-refractivity contribution is 9.10. The monoisotopic (exact) mass is 358 g/mol. The summed E-state index contributed by atoms with van der Waals surface area (Å²) in [5.74, 6) is -0.696. The Kier molecular flexibility index (Phi) is 5.35. The Labute approximate surface area is 132 Å². The number of nitrogens with one attached hydrogen (secondary N) is 1. The SMILES string of the molecule is CC(C)(CNC(=O)c1cc(F)cc(Br)c1)N1CCOCC1. The summed E-state index contributed by atoms with van der Waals surface area (Å²) in [5, 5.41) is 2.88. The number of halogens is 2. The smallest absolute Gasteiger partial charge is 0.251 e. The van der Waals surface area contributed by atoms with Crippen molar-refractivity contribution in [2.45, 2.75) is 19.4 Å². The van der Waals surface area contributed by atoms with Crippen molar-refractivity contribution in [3.63, 3.8) is 0 Å². The molecule has 0 bridgehead atoms. The molecule has 1 amide bonds. The number of hydrogen-bond acceptors (Lipinski definition) is 3. The number of morpholine rings is 1. The maximum Gasteiger partial charge on any atom is 0.251 e. The molecule has 1 aliphatic rings. The summed E-state index contributed by atoms with van der Waals surface area (Å²) in [6.45, 7) is 7.81. The van der Waals surface area contributed by atoms with E-state index < -0.39 is 5.82 Å². The van der Waals surface area contributed by atoms with Crippen LogP contribution in [0.3, 0.4) is 0 Å². The number of nitrogens with zero attached hydrogens (tertiary/aromatic N) is 1. The first-order valence-corrected chi connectivity index (χ1v) is 7.75. The minimum atomic E-state index is -0.429. The fourth-order valence-corrected chi connectivity index (χ4v) is 2.83. The second-order valence-corrected chi connectivity index (χ2v) is 6.67. The van der Waals surface area contributed by atoms with Gasteiger partial charge in [0.05, 0.1) is 13.2 Å². The predicted octanol–water partition coefficient (Wildman–Crippen LogP) is 2.43. The Bertz CT molecular complexity index is 496. The molecule has 1 aromatic carbocycles. The number of amides is 1. The van der Waals surface area contributed by atoms with Crippen LogP contribution in [0, 0.1) is 5.82 Å². The van der Waals surface area contributed by atoms with E-state index in [1.807, 2.05) is 0 Å². The Morgan fingerprint density at radius 3 is 2.67 bits per heavy atom. The summed E-state index contributed by atoms with van der Waals surface area (Å²) in [7, 11) is 0. The normalized spacial score (nSPS) is 16.8. The van der Waals surface area contributed by atoms with Crippen LogP contribution >= 0.6 is 15.9 Å². The van der Waals surface area contributed by atoms with E-state index in [0.717, 1.165) is 13.1 Å². The van der Waals surface area contributed by atoms with Crippen molar-refractivity contribution in [3.05, 3.63) is 34.1 Å². The summed E-state index contributed by atoms with van der Waals surface area (Å²) >= 11 is 3.19. The van der Waals surface area contributed by atoms with E-state index in [1.165, 1.54) is 12.1 Å². The average molecular weight is 359 g/mol. The highest BCUT2D eigenvalue weighted by Gasteiger charge is 2.28. The molecule has 0 aliphatic carbocycles. The quantitative estimate of drug-likeness (QED) is 0.898. The van der Waals surface area contributed by atoms with Crippen molar-refractivity contribution in [2.75, 3.05) is 32.8 Å². The molecule has 1 aliphatic heterocycles. The summed E-state index contributed by atoms with van der Waals surface area (Å²) in [4.78, 5) is 14.4. The second-order valence-electron chi connectivity index (χ2n) is 5.75. The number of hydrogen-bond donors (Lipinski definition) is 1. The molecule has 0 unspecified atom stereocenters. The first-order chi connectivity index (χ1) is 9.88. The van der Waals surface area contributed by atoms with Crippen LogP contribution in [0.15, 0.2) is 22.7 Å². The third-order valence-electron chi connectivity index (χ3n) is 3.67. The van der Waals surface area contributed by atoms with E-state index in [2.05, 4.69) is 40.0 Å². The van der Waals surface area contributed by atoms with Gasteiger partial charge in [-0.3, -0.25) is 9.69 Å². The molecule has 1 fully saturated rings. The van der Waals surface area contributed by atoms with Crippen LogP contribution in [0.1, 0.15) is 24.2 Å². The largest absolute Gasteiger partial charge is 0.379 e. The Balaban J connectivity index is 1.96. The van der Waals surface area contributed by atoms with Crippen LogP contribution < -0.4 is 5.32 Å². The van der Waals surface area contributed by atoms with Crippen molar-refractivity contribution >= 4 is 21.8 Å². The van der Waals surface area contributed by atoms with Crippen LogP contribution in [-0.4, -0.2) is 49.2 Å². The molecule has 0 spiro atoms. The summed E-state index contributed by atoms with van der Waals surface area (Å²) < 4.78 is 19.2. The third-order valence-corrected chi connectivity index (χ3v) is 4.13. The zero-order chi connectivity index (χ0) is 15.5. The number of carbonyl (C=O) groups is 1. The van der Waals surface area contributed by atoms with Gasteiger partial charge < -0.3 is 10.1 Å². The van der Waals surface area contributed by atoms with Crippen molar-refractivity contribution in [2.24, 2.45) is 0 Å². The topological polar surface area (TPSA) is 41.6 Å². The highest BCUT2D eigenvalue weighted by atomic mass is 79.9. The lowest BCUT2D eigenvalue weighted by Crippen LogP contribution is -2.55. The van der Waals surface area contributed by atoms with Gasteiger partial charge in [0.25, 0.3) is 5.91 Å². The van der Waals surface area contributed by atoms with Crippen LogP contribution in [0.2, 0.25) is 0 Å². The van der Waals surface area contributed by atoms with Gasteiger partial charge in [-0.15, -0.1) is 0 Å². The molecule has 116 valence electrons. The molecule has 6 heteroatoms. The molecule has 0 aromatic heterocycles. The molecule has 4 nitrogen and oxygen atoms in total. The standard InChI is InChI=1S/C15H20BrFN2O2/c1-15(2,19-3-5-21-6-4-19)10-18-14(20)11-7-12(16)9-13(17)8-11/h7-9H,3-6,10H2,1-2H3,(H,18,20). The highest BCUT2D eigenvalue weighted by Crippen LogP contribution is 2.17. The van der Waals surface area contributed by atoms with Crippen LogP contribution in [0.4, 0.5) is 4.39 Å². The van der Waals surface area contributed by atoms with Crippen LogP contribution in [0.25, 0.3) is 0 Å². The van der Waals surface area contributed by atoms with E-state index in [9.17, 15) is 9.18 Å². The molecule has 1 aromatic rings. The van der Waals surface area contributed by atoms with Gasteiger partial charge in [-0.25, -0.2) is 4.39 Å². The van der Waals surface area contributed by atoms with Gasteiger partial charge in [0.2, 0.25) is 0 Å². The molecule has 1 saturated heterocycles. The van der Waals surface area contributed by atoms with Gasteiger partial charge in [0, 0.05) is 35.2 Å². The summed E-state index contributed by atoms with van der Waals surface area (Å²) in [6.07, 6.45) is 0. The number of ether oxygens (including phenoxy) is 1. The molecule has 0 saturated carbocycles. The van der Waals surface area contributed by atoms with Crippen molar-refractivity contribution < 1.29 is 13.9 Å². The molecule has 1 heterocycles. The van der Waals surface area contributed by atoms with Gasteiger partial charge >= 0.3 is 0 Å². The van der Waals surface area contributed by atoms with Gasteiger partial charge in [0.15, 0.2) is 0 Å². The molecule has 1 N–H and O–H groups in total. The van der Waals surface area contributed by atoms with Gasteiger partial charge in [-0.05, 0) is 32.0 Å². The molecule has 2 rings (SSSR count). The average Bonchev–Trinajstić information content (AvgIpc) is 2.45. The van der Waals surface area contributed by atoms with Crippen molar-refractivity contribution in [1.29, 1.82) is 0 Å². The lowest BCUT2D eigenvalue weighted by molar-refractivity contribution is -0.00923. The Morgan fingerprint density at radius 1 is 1.38 bits per heavy atom. The third kappa shape index (κ3) is 4.49. The Morgan fingerprint density at radius 2 is 2.05 bits per heavy atom. The van der Waals surface area contributed by atoms with Gasteiger partial charge in [-0.2, -0.15) is 0 Å². The molecule has 0 atom stereocenters. The first kappa shape index (κ1) is 16.4. The minimum Gasteiger partial charge on any atom is -0.379 e. The van der Waals surface area contributed by atoms with E-state index in [4.69, 9.17) is 4.74 Å². The molecule has 0 radical (unpaired) electrons. The fourth-order valence-electron chi connectivity index (χ4n) is 2.36. The maximum atomic E-state index is 13.3. The van der Waals surface area contributed by atoms with E-state index in [-0.39, 0.29) is 11.4 Å².